The Morgan fingerprint density at radius 2 is 1.85 bits per heavy atom. The highest BCUT2D eigenvalue weighted by molar-refractivity contribution is 5.92. The van der Waals surface area contributed by atoms with Crippen LogP contribution in [-0.4, -0.2) is 23.9 Å². The van der Waals surface area contributed by atoms with E-state index < -0.39 is 0 Å². The van der Waals surface area contributed by atoms with Crippen LogP contribution in [0.2, 0.25) is 0 Å². The van der Waals surface area contributed by atoms with E-state index in [0.717, 1.165) is 25.7 Å². The van der Waals surface area contributed by atoms with Gasteiger partial charge in [0.2, 0.25) is 11.8 Å². The van der Waals surface area contributed by atoms with Crippen LogP contribution in [0.4, 0.5) is 0 Å². The average Bonchev–Trinajstić information content (AvgIpc) is 2.15. The zero-order chi connectivity index (χ0) is 9.42. The predicted molar refractivity (Wildman–Crippen MR) is 46.4 cm³/mol. The van der Waals surface area contributed by atoms with Gasteiger partial charge in [0, 0.05) is 7.05 Å². The van der Waals surface area contributed by atoms with Crippen LogP contribution in [0.1, 0.15) is 25.7 Å². The number of fused-ring (bicyclic) bond motifs is 1. The summed E-state index contributed by atoms with van der Waals surface area (Å²) in [7, 11) is 1.62. The number of nitrogens with zero attached hydrogens (tertiary/aromatic N) is 1. The maximum atomic E-state index is 11.6. The number of hydrogen-bond donors (Lipinski definition) is 1. The van der Waals surface area contributed by atoms with Crippen molar-refractivity contribution in [2.75, 3.05) is 7.05 Å². The molecule has 0 aromatic rings. The first kappa shape index (κ1) is 8.53. The van der Waals surface area contributed by atoms with Gasteiger partial charge in [-0.2, -0.15) is 0 Å². The molecule has 1 N–H and O–H groups in total. The van der Waals surface area contributed by atoms with Crippen molar-refractivity contribution in [2.45, 2.75) is 25.7 Å². The second-order valence-corrected chi connectivity index (χ2v) is 3.87. The van der Waals surface area contributed by atoms with E-state index in [1.54, 1.807) is 7.05 Å². The molecular weight excluding hydrogens is 168 g/mol. The third-order valence-corrected chi connectivity index (χ3v) is 3.03. The molecule has 4 heteroatoms. The lowest BCUT2D eigenvalue weighted by Gasteiger charge is -2.37. The van der Waals surface area contributed by atoms with E-state index in [4.69, 9.17) is 0 Å². The first-order valence-corrected chi connectivity index (χ1v) is 4.78. The molecule has 1 saturated carbocycles. The normalized spacial score (nSPS) is 34.1. The summed E-state index contributed by atoms with van der Waals surface area (Å²) in [6.45, 7) is 0. The second kappa shape index (κ2) is 3.01. The topological polar surface area (TPSA) is 49.4 Å². The lowest BCUT2D eigenvalue weighted by Crippen LogP contribution is -2.57. The number of amides is 2. The van der Waals surface area contributed by atoms with E-state index in [1.165, 1.54) is 5.01 Å². The van der Waals surface area contributed by atoms with Crippen LogP contribution in [0.3, 0.4) is 0 Å². The minimum Gasteiger partial charge on any atom is -0.273 e. The Kier molecular flexibility index (Phi) is 1.98. The third kappa shape index (κ3) is 1.30. The summed E-state index contributed by atoms with van der Waals surface area (Å²) in [5, 5.41) is 1.33. The van der Waals surface area contributed by atoms with Gasteiger partial charge >= 0.3 is 0 Å². The Balaban J connectivity index is 2.19. The van der Waals surface area contributed by atoms with Gasteiger partial charge in [0.15, 0.2) is 0 Å². The summed E-state index contributed by atoms with van der Waals surface area (Å²) >= 11 is 0. The molecule has 0 unspecified atom stereocenters. The number of rotatable bonds is 0. The average molecular weight is 182 g/mol. The lowest BCUT2D eigenvalue weighted by atomic mass is 9.77. The van der Waals surface area contributed by atoms with Crippen molar-refractivity contribution in [1.82, 2.24) is 10.4 Å². The van der Waals surface area contributed by atoms with Crippen LogP contribution < -0.4 is 5.43 Å². The van der Waals surface area contributed by atoms with Crippen LogP contribution >= 0.6 is 0 Å². The summed E-state index contributed by atoms with van der Waals surface area (Å²) in [6.07, 6.45) is 3.90. The minimum absolute atomic E-state index is 0.0202. The molecule has 0 aromatic carbocycles. The van der Waals surface area contributed by atoms with Crippen molar-refractivity contribution in [3.63, 3.8) is 0 Å². The lowest BCUT2D eigenvalue weighted by molar-refractivity contribution is -0.157. The second-order valence-electron chi connectivity index (χ2n) is 3.87. The predicted octanol–water partition coefficient (Wildman–Crippen LogP) is 0.296. The summed E-state index contributed by atoms with van der Waals surface area (Å²) in [4.78, 5) is 23.1. The van der Waals surface area contributed by atoms with Gasteiger partial charge in [0.05, 0.1) is 11.8 Å². The SMILES string of the molecule is CN1NC(=O)[C@@H]2CCCC[C@@H]2C1=O. The Morgan fingerprint density at radius 3 is 2.54 bits per heavy atom. The van der Waals surface area contributed by atoms with Crippen molar-refractivity contribution in [2.24, 2.45) is 11.8 Å². The molecule has 0 spiro atoms. The van der Waals surface area contributed by atoms with Gasteiger partial charge in [-0.3, -0.25) is 20.0 Å². The Morgan fingerprint density at radius 1 is 1.23 bits per heavy atom. The molecular formula is C9H14N2O2. The van der Waals surface area contributed by atoms with Gasteiger partial charge in [-0.25, -0.2) is 0 Å². The Bertz CT molecular complexity index is 252. The molecule has 1 saturated heterocycles. The molecule has 4 nitrogen and oxygen atoms in total. The minimum atomic E-state index is -0.0579. The number of hydrazine groups is 1. The first-order chi connectivity index (χ1) is 6.20. The van der Waals surface area contributed by atoms with Crippen LogP contribution in [0.25, 0.3) is 0 Å². The Labute approximate surface area is 77.3 Å². The van der Waals surface area contributed by atoms with Gasteiger partial charge in [-0.05, 0) is 12.8 Å². The molecule has 0 bridgehead atoms. The molecule has 1 aliphatic heterocycles. The van der Waals surface area contributed by atoms with E-state index >= 15 is 0 Å². The van der Waals surface area contributed by atoms with Gasteiger partial charge in [0.25, 0.3) is 0 Å². The smallest absolute Gasteiger partial charge is 0.244 e. The molecule has 0 radical (unpaired) electrons. The standard InChI is InChI=1S/C9H14N2O2/c1-11-9(13)7-5-3-2-4-6(7)8(12)10-11/h6-7H,2-5H2,1H3,(H,10,12)/t6-,7+/m1/s1. The van der Waals surface area contributed by atoms with Crippen molar-refractivity contribution in [1.29, 1.82) is 0 Å². The van der Waals surface area contributed by atoms with Gasteiger partial charge in [0.1, 0.15) is 0 Å². The maximum Gasteiger partial charge on any atom is 0.244 e. The molecule has 2 atom stereocenters. The molecule has 1 aliphatic carbocycles. The zero-order valence-electron chi connectivity index (χ0n) is 7.75. The van der Waals surface area contributed by atoms with Gasteiger partial charge in [-0.15, -0.1) is 0 Å². The molecule has 2 amide bonds. The van der Waals surface area contributed by atoms with E-state index in [-0.39, 0.29) is 23.7 Å². The quantitative estimate of drug-likeness (QED) is 0.585. The molecule has 13 heavy (non-hydrogen) atoms. The molecule has 2 fully saturated rings. The summed E-state index contributed by atoms with van der Waals surface area (Å²) < 4.78 is 0. The molecule has 72 valence electrons. The fraction of sp³-hybridized carbons (Fsp3) is 0.778. The van der Waals surface area contributed by atoms with E-state index in [0.29, 0.717) is 0 Å². The summed E-state index contributed by atoms with van der Waals surface area (Å²) in [6, 6.07) is 0. The van der Waals surface area contributed by atoms with E-state index in [1.807, 2.05) is 0 Å². The van der Waals surface area contributed by atoms with Crippen LogP contribution in [0, 0.1) is 11.8 Å². The highest BCUT2D eigenvalue weighted by Crippen LogP contribution is 2.33. The fourth-order valence-electron chi connectivity index (χ4n) is 2.29. The van der Waals surface area contributed by atoms with E-state index in [2.05, 4.69) is 5.43 Å². The molecule has 0 aromatic heterocycles. The molecule has 2 aliphatic rings. The zero-order valence-corrected chi connectivity index (χ0v) is 7.75. The van der Waals surface area contributed by atoms with Gasteiger partial charge in [-0.1, -0.05) is 12.8 Å². The highest BCUT2D eigenvalue weighted by Gasteiger charge is 2.41. The number of carbonyl (C=O) groups is 2. The molecule has 2 rings (SSSR count). The van der Waals surface area contributed by atoms with E-state index in [9.17, 15) is 9.59 Å². The fourth-order valence-corrected chi connectivity index (χ4v) is 2.29. The van der Waals surface area contributed by atoms with Crippen LogP contribution in [0.5, 0.6) is 0 Å². The van der Waals surface area contributed by atoms with Crippen LogP contribution in [-0.2, 0) is 9.59 Å². The van der Waals surface area contributed by atoms with Crippen molar-refractivity contribution < 1.29 is 9.59 Å². The maximum absolute atomic E-state index is 11.6. The van der Waals surface area contributed by atoms with Crippen molar-refractivity contribution in [3.05, 3.63) is 0 Å². The van der Waals surface area contributed by atoms with Crippen LogP contribution in [0.15, 0.2) is 0 Å². The summed E-state index contributed by atoms with van der Waals surface area (Å²) in [5.74, 6) is -0.0129. The van der Waals surface area contributed by atoms with Gasteiger partial charge < -0.3 is 0 Å². The number of hydrogen-bond acceptors (Lipinski definition) is 2. The third-order valence-electron chi connectivity index (χ3n) is 3.03. The van der Waals surface area contributed by atoms with Crippen molar-refractivity contribution in [3.8, 4) is 0 Å². The first-order valence-electron chi connectivity index (χ1n) is 4.78. The number of nitrogens with one attached hydrogen (secondary N) is 1. The largest absolute Gasteiger partial charge is 0.273 e. The molecule has 1 heterocycles. The monoisotopic (exact) mass is 182 g/mol. The number of carbonyl (C=O) groups excluding carboxylic acids is 2. The Hall–Kier alpha value is -1.06. The van der Waals surface area contributed by atoms with Crippen molar-refractivity contribution >= 4 is 11.8 Å². The summed E-state index contributed by atoms with van der Waals surface area (Å²) in [5.41, 5.74) is 2.57. The highest BCUT2D eigenvalue weighted by atomic mass is 16.2.